The molecule has 0 bridgehead atoms. The van der Waals surface area contributed by atoms with Crippen molar-refractivity contribution in [1.29, 1.82) is 0 Å². The predicted molar refractivity (Wildman–Crippen MR) is 69.4 cm³/mol. The molecular formula is C12H7ClN2O5. The van der Waals surface area contributed by atoms with Crippen LogP contribution in [0.1, 0.15) is 10.4 Å². The number of nitro benzene ring substituents is 1. The van der Waals surface area contributed by atoms with E-state index in [1.54, 1.807) is 0 Å². The van der Waals surface area contributed by atoms with Gasteiger partial charge in [0.05, 0.1) is 21.7 Å². The summed E-state index contributed by atoms with van der Waals surface area (Å²) in [6.07, 6.45) is 2.48. The average Bonchev–Trinajstić information content (AvgIpc) is 2.41. The molecule has 0 amide bonds. The number of non-ortho nitro benzene ring substituents is 1. The lowest BCUT2D eigenvalue weighted by Crippen LogP contribution is -1.97. The number of ether oxygens (including phenoxy) is 1. The number of benzene rings is 1. The molecule has 0 fully saturated rings. The minimum absolute atomic E-state index is 0.0412. The number of aromatic carboxylic acids is 1. The van der Waals surface area contributed by atoms with Crippen LogP contribution in [0.2, 0.25) is 5.02 Å². The highest BCUT2D eigenvalue weighted by Crippen LogP contribution is 2.32. The van der Waals surface area contributed by atoms with Gasteiger partial charge in [0.15, 0.2) is 0 Å². The van der Waals surface area contributed by atoms with E-state index in [9.17, 15) is 14.9 Å². The quantitative estimate of drug-likeness (QED) is 0.686. The Kier molecular flexibility index (Phi) is 3.81. The Morgan fingerprint density at radius 2 is 2.10 bits per heavy atom. The molecule has 102 valence electrons. The van der Waals surface area contributed by atoms with Crippen LogP contribution < -0.4 is 4.74 Å². The number of aromatic nitrogens is 1. The van der Waals surface area contributed by atoms with Crippen LogP contribution in [0.25, 0.3) is 0 Å². The number of carboxylic acid groups (broad SMARTS) is 1. The van der Waals surface area contributed by atoms with Gasteiger partial charge in [-0.05, 0) is 12.1 Å². The van der Waals surface area contributed by atoms with Crippen molar-refractivity contribution < 1.29 is 19.6 Å². The van der Waals surface area contributed by atoms with Gasteiger partial charge in [0.25, 0.3) is 5.69 Å². The predicted octanol–water partition coefficient (Wildman–Crippen LogP) is 3.13. The Morgan fingerprint density at radius 3 is 2.70 bits per heavy atom. The zero-order valence-corrected chi connectivity index (χ0v) is 10.6. The fraction of sp³-hybridized carbons (Fsp3) is 0. The first kappa shape index (κ1) is 13.8. The van der Waals surface area contributed by atoms with Crippen molar-refractivity contribution in [3.63, 3.8) is 0 Å². The molecule has 1 heterocycles. The lowest BCUT2D eigenvalue weighted by atomic mass is 10.3. The molecule has 7 nitrogen and oxygen atoms in total. The lowest BCUT2D eigenvalue weighted by molar-refractivity contribution is -0.384. The molecule has 8 heteroatoms. The summed E-state index contributed by atoms with van der Waals surface area (Å²) in [6.45, 7) is 0. The van der Waals surface area contributed by atoms with Crippen LogP contribution in [-0.2, 0) is 0 Å². The number of carbonyl (C=O) groups is 1. The van der Waals surface area contributed by atoms with Crippen molar-refractivity contribution in [3.05, 3.63) is 57.4 Å². The topological polar surface area (TPSA) is 103 Å². The Bertz CT molecular complexity index is 689. The summed E-state index contributed by atoms with van der Waals surface area (Å²) in [5.41, 5.74) is -0.208. The van der Waals surface area contributed by atoms with E-state index in [4.69, 9.17) is 21.4 Å². The van der Waals surface area contributed by atoms with Gasteiger partial charge in [-0.3, -0.25) is 15.1 Å². The summed E-state index contributed by atoms with van der Waals surface area (Å²) < 4.78 is 5.35. The maximum Gasteiger partial charge on any atom is 0.337 e. The molecule has 0 aliphatic carbocycles. The second-order valence-electron chi connectivity index (χ2n) is 3.69. The monoisotopic (exact) mass is 294 g/mol. The van der Waals surface area contributed by atoms with E-state index in [2.05, 4.69) is 4.98 Å². The van der Waals surface area contributed by atoms with Crippen LogP contribution in [0, 0.1) is 10.1 Å². The first-order chi connectivity index (χ1) is 9.47. The molecule has 2 rings (SSSR count). The summed E-state index contributed by atoms with van der Waals surface area (Å²) in [5, 5.41) is 19.4. The number of pyridine rings is 1. The lowest BCUT2D eigenvalue weighted by Gasteiger charge is -2.07. The van der Waals surface area contributed by atoms with Gasteiger partial charge in [0.2, 0.25) is 0 Å². The van der Waals surface area contributed by atoms with Crippen LogP contribution >= 0.6 is 11.6 Å². The van der Waals surface area contributed by atoms with Crippen molar-refractivity contribution in [3.8, 4) is 11.5 Å². The van der Waals surface area contributed by atoms with E-state index in [-0.39, 0.29) is 27.8 Å². The van der Waals surface area contributed by atoms with Crippen molar-refractivity contribution in [2.24, 2.45) is 0 Å². The number of nitro groups is 1. The van der Waals surface area contributed by atoms with Gasteiger partial charge in [-0.15, -0.1) is 0 Å². The molecule has 0 spiro atoms. The number of carboxylic acids is 1. The highest BCUT2D eigenvalue weighted by molar-refractivity contribution is 6.32. The summed E-state index contributed by atoms with van der Waals surface area (Å²) >= 11 is 5.86. The zero-order chi connectivity index (χ0) is 14.7. The molecule has 0 atom stereocenters. The molecule has 0 radical (unpaired) electrons. The van der Waals surface area contributed by atoms with E-state index in [0.717, 1.165) is 6.07 Å². The van der Waals surface area contributed by atoms with E-state index in [0.29, 0.717) is 0 Å². The van der Waals surface area contributed by atoms with Gasteiger partial charge in [-0.25, -0.2) is 4.79 Å². The molecule has 0 saturated heterocycles. The molecule has 20 heavy (non-hydrogen) atoms. The first-order valence-corrected chi connectivity index (χ1v) is 5.65. The van der Waals surface area contributed by atoms with Crippen molar-refractivity contribution in [2.45, 2.75) is 0 Å². The van der Waals surface area contributed by atoms with E-state index in [1.807, 2.05) is 0 Å². The number of nitrogens with zero attached hydrogens (tertiary/aromatic N) is 2. The summed E-state index contributed by atoms with van der Waals surface area (Å²) in [7, 11) is 0. The second-order valence-corrected chi connectivity index (χ2v) is 4.10. The van der Waals surface area contributed by atoms with Crippen LogP contribution in [0.5, 0.6) is 11.5 Å². The molecular weight excluding hydrogens is 288 g/mol. The summed E-state index contributed by atoms with van der Waals surface area (Å²) in [5.74, 6) is -0.806. The zero-order valence-electron chi connectivity index (χ0n) is 9.82. The number of halogens is 1. The Labute approximate surface area is 117 Å². The molecule has 0 aliphatic heterocycles. The molecule has 2 aromatic rings. The van der Waals surface area contributed by atoms with Crippen LogP contribution in [-0.4, -0.2) is 21.0 Å². The molecule has 0 unspecified atom stereocenters. The van der Waals surface area contributed by atoms with Gasteiger partial charge < -0.3 is 9.84 Å². The summed E-state index contributed by atoms with van der Waals surface area (Å²) in [4.78, 5) is 24.5. The maximum absolute atomic E-state index is 10.8. The molecule has 1 aromatic heterocycles. The molecule has 1 aromatic carbocycles. The van der Waals surface area contributed by atoms with Crippen LogP contribution in [0.4, 0.5) is 5.69 Å². The van der Waals surface area contributed by atoms with Gasteiger partial charge in [0.1, 0.15) is 11.5 Å². The number of hydrogen-bond acceptors (Lipinski definition) is 5. The average molecular weight is 295 g/mol. The maximum atomic E-state index is 10.8. The standard InChI is InChI=1S/C12H7ClN2O5/c13-10-4-8(15(18)19)1-2-11(10)20-9-3-7(12(16)17)5-14-6-9/h1-6H,(H,16,17). The second kappa shape index (κ2) is 5.54. The molecule has 1 N–H and O–H groups in total. The summed E-state index contributed by atoms with van der Waals surface area (Å²) in [6, 6.07) is 4.97. The van der Waals surface area contributed by atoms with E-state index < -0.39 is 10.9 Å². The highest BCUT2D eigenvalue weighted by atomic mass is 35.5. The van der Waals surface area contributed by atoms with E-state index in [1.165, 1.54) is 30.6 Å². The SMILES string of the molecule is O=C(O)c1cncc(Oc2ccc([N+](=O)[O-])cc2Cl)c1. The molecule has 0 saturated carbocycles. The Hall–Kier alpha value is -2.67. The third-order valence-electron chi connectivity index (χ3n) is 2.31. The van der Waals surface area contributed by atoms with Crippen molar-refractivity contribution in [2.75, 3.05) is 0 Å². The van der Waals surface area contributed by atoms with Gasteiger partial charge >= 0.3 is 5.97 Å². The van der Waals surface area contributed by atoms with E-state index >= 15 is 0 Å². The minimum Gasteiger partial charge on any atom is -0.478 e. The van der Waals surface area contributed by atoms with Crippen LogP contribution in [0.15, 0.2) is 36.7 Å². The van der Waals surface area contributed by atoms with Gasteiger partial charge in [-0.2, -0.15) is 0 Å². The highest BCUT2D eigenvalue weighted by Gasteiger charge is 2.12. The third-order valence-corrected chi connectivity index (χ3v) is 2.61. The molecule has 0 aliphatic rings. The van der Waals surface area contributed by atoms with Crippen molar-refractivity contribution in [1.82, 2.24) is 4.98 Å². The smallest absolute Gasteiger partial charge is 0.337 e. The number of hydrogen-bond donors (Lipinski definition) is 1. The van der Waals surface area contributed by atoms with Crippen LogP contribution in [0.3, 0.4) is 0 Å². The third kappa shape index (κ3) is 3.01. The normalized spacial score (nSPS) is 10.1. The minimum atomic E-state index is -1.14. The van der Waals surface area contributed by atoms with Crippen molar-refractivity contribution >= 4 is 23.3 Å². The number of rotatable bonds is 4. The fourth-order valence-electron chi connectivity index (χ4n) is 1.40. The van der Waals surface area contributed by atoms with Gasteiger partial charge in [-0.1, -0.05) is 11.6 Å². The van der Waals surface area contributed by atoms with Gasteiger partial charge in [0, 0.05) is 18.3 Å². The Morgan fingerprint density at radius 1 is 1.35 bits per heavy atom. The first-order valence-electron chi connectivity index (χ1n) is 5.27. The Balaban J connectivity index is 2.28. The fourth-order valence-corrected chi connectivity index (χ4v) is 1.62. The largest absolute Gasteiger partial charge is 0.478 e.